The number of aromatic nitrogens is 2. The smallest absolute Gasteiger partial charge is 0.243 e. The fourth-order valence-corrected chi connectivity index (χ4v) is 2.59. The van der Waals surface area contributed by atoms with Crippen LogP contribution in [0, 0.1) is 5.82 Å². The Balaban J connectivity index is 0.00000264. The third kappa shape index (κ3) is 5.21. The van der Waals surface area contributed by atoms with Gasteiger partial charge in [0.25, 0.3) is 0 Å². The molecule has 0 bridgehead atoms. The molecular weight excluding hydrogens is 343 g/mol. The van der Waals surface area contributed by atoms with E-state index in [1.165, 1.54) is 31.0 Å². The third-order valence-corrected chi connectivity index (χ3v) is 4.01. The van der Waals surface area contributed by atoms with Crippen molar-refractivity contribution in [3.05, 3.63) is 36.4 Å². The van der Waals surface area contributed by atoms with Crippen LogP contribution in [0.25, 0.3) is 0 Å². The molecule has 1 aromatic carbocycles. The molecule has 2 rings (SSSR count). The summed E-state index contributed by atoms with van der Waals surface area (Å²) in [6.45, 7) is 0.0863. The lowest BCUT2D eigenvalue weighted by molar-refractivity contribution is -0.118. The number of carbonyl (C=O) groups excluding carboxylic acids is 1. The van der Waals surface area contributed by atoms with E-state index in [4.69, 9.17) is 10.5 Å². The molecule has 1 atom stereocenters. The molecule has 6 nitrogen and oxygen atoms in total. The van der Waals surface area contributed by atoms with Gasteiger partial charge in [-0.3, -0.25) is 4.79 Å². The van der Waals surface area contributed by atoms with E-state index in [2.05, 4.69) is 10.3 Å². The van der Waals surface area contributed by atoms with Crippen molar-refractivity contribution in [1.29, 1.82) is 0 Å². The minimum atomic E-state index is -0.820. The van der Waals surface area contributed by atoms with E-state index in [0.29, 0.717) is 10.6 Å². The number of methoxy groups -OCH3 is 1. The molecular formula is C14H18ClFN4O2S. The summed E-state index contributed by atoms with van der Waals surface area (Å²) in [7, 11) is 3.31. The molecule has 1 aromatic heterocycles. The Bertz CT molecular complexity index is 668. The van der Waals surface area contributed by atoms with Gasteiger partial charge in [0, 0.05) is 31.4 Å². The van der Waals surface area contributed by atoms with Crippen molar-refractivity contribution in [2.45, 2.75) is 16.1 Å². The second kappa shape index (κ2) is 8.88. The highest BCUT2D eigenvalue weighted by Crippen LogP contribution is 2.32. The number of anilines is 1. The summed E-state index contributed by atoms with van der Waals surface area (Å²) in [6, 6.07) is 3.35. The van der Waals surface area contributed by atoms with Crippen molar-refractivity contribution in [2.24, 2.45) is 12.8 Å². The Hall–Kier alpha value is -1.61. The first-order chi connectivity index (χ1) is 10.5. The molecule has 9 heteroatoms. The average Bonchev–Trinajstić information content (AvgIpc) is 2.87. The predicted octanol–water partition coefficient (Wildman–Crippen LogP) is 2.04. The predicted molar refractivity (Wildman–Crippen MR) is 89.5 cm³/mol. The number of halogens is 2. The molecule has 0 spiro atoms. The van der Waals surface area contributed by atoms with Gasteiger partial charge in [-0.1, -0.05) is 0 Å². The number of nitrogens with two attached hydrogens (primary N) is 1. The first-order valence-electron chi connectivity index (χ1n) is 6.51. The Labute approximate surface area is 144 Å². The number of carbonyl (C=O) groups is 1. The summed E-state index contributed by atoms with van der Waals surface area (Å²) in [5.74, 6) is -0.881. The number of rotatable bonds is 6. The number of imidazole rings is 1. The minimum absolute atomic E-state index is 0. The van der Waals surface area contributed by atoms with Gasteiger partial charge < -0.3 is 20.4 Å². The molecule has 2 aromatic rings. The summed E-state index contributed by atoms with van der Waals surface area (Å²) in [5, 5.41) is 3.35. The zero-order chi connectivity index (χ0) is 16.1. The highest BCUT2D eigenvalue weighted by atomic mass is 35.5. The van der Waals surface area contributed by atoms with E-state index >= 15 is 0 Å². The molecule has 3 N–H and O–H groups in total. The van der Waals surface area contributed by atoms with Gasteiger partial charge >= 0.3 is 0 Å². The van der Waals surface area contributed by atoms with Crippen LogP contribution in [0.2, 0.25) is 0 Å². The average molecular weight is 361 g/mol. The lowest BCUT2D eigenvalue weighted by atomic mass is 10.2. The fraction of sp³-hybridized carbons (Fsp3) is 0.286. The van der Waals surface area contributed by atoms with E-state index in [9.17, 15) is 9.18 Å². The van der Waals surface area contributed by atoms with Crippen LogP contribution in [0.5, 0.6) is 0 Å². The Morgan fingerprint density at radius 2 is 2.30 bits per heavy atom. The van der Waals surface area contributed by atoms with E-state index in [1.807, 2.05) is 11.6 Å². The molecule has 0 saturated heterocycles. The maximum absolute atomic E-state index is 13.5. The van der Waals surface area contributed by atoms with E-state index < -0.39 is 17.8 Å². The molecule has 0 fully saturated rings. The third-order valence-electron chi connectivity index (χ3n) is 2.86. The van der Waals surface area contributed by atoms with Crippen molar-refractivity contribution in [3.8, 4) is 0 Å². The van der Waals surface area contributed by atoms with E-state index in [-0.39, 0.29) is 19.0 Å². The van der Waals surface area contributed by atoms with Crippen LogP contribution >= 0.6 is 24.2 Å². The van der Waals surface area contributed by atoms with E-state index in [0.717, 1.165) is 5.16 Å². The van der Waals surface area contributed by atoms with Crippen LogP contribution in [0.1, 0.15) is 0 Å². The molecule has 126 valence electrons. The molecule has 0 aliphatic rings. The SMILES string of the molecule is COCC(N)C(=O)Nc1cc(F)ccc1Sc1nccn1C.Cl. The molecule has 1 unspecified atom stereocenters. The minimum Gasteiger partial charge on any atom is -0.383 e. The van der Waals surface area contributed by atoms with Gasteiger partial charge in [-0.2, -0.15) is 0 Å². The summed E-state index contributed by atoms with van der Waals surface area (Å²) in [5.41, 5.74) is 6.02. The number of hydrogen-bond donors (Lipinski definition) is 2. The number of ether oxygens (including phenoxy) is 1. The molecule has 0 aliphatic heterocycles. The topological polar surface area (TPSA) is 82.2 Å². The van der Waals surface area contributed by atoms with Gasteiger partial charge in [-0.25, -0.2) is 9.37 Å². The van der Waals surface area contributed by atoms with Gasteiger partial charge in [-0.05, 0) is 30.0 Å². The standard InChI is InChI=1S/C14H17FN4O2S.ClH/c1-19-6-5-17-14(19)22-12-4-3-9(15)7-11(12)18-13(20)10(16)8-21-2;/h3-7,10H,8,16H2,1-2H3,(H,18,20);1H. The number of nitrogens with zero attached hydrogens (tertiary/aromatic N) is 2. The highest BCUT2D eigenvalue weighted by Gasteiger charge is 2.16. The first-order valence-corrected chi connectivity index (χ1v) is 7.33. The van der Waals surface area contributed by atoms with Gasteiger partial charge in [0.2, 0.25) is 5.91 Å². The lowest BCUT2D eigenvalue weighted by Gasteiger charge is -2.14. The Morgan fingerprint density at radius 1 is 1.57 bits per heavy atom. The van der Waals surface area contributed by atoms with Crippen molar-refractivity contribution in [3.63, 3.8) is 0 Å². The number of aryl methyl sites for hydroxylation is 1. The van der Waals surface area contributed by atoms with Crippen LogP contribution < -0.4 is 11.1 Å². The van der Waals surface area contributed by atoms with Gasteiger partial charge in [0.05, 0.1) is 12.3 Å². The van der Waals surface area contributed by atoms with Crippen LogP contribution in [0.15, 0.2) is 40.6 Å². The van der Waals surface area contributed by atoms with Crippen molar-refractivity contribution in [1.82, 2.24) is 9.55 Å². The largest absolute Gasteiger partial charge is 0.383 e. The zero-order valence-electron chi connectivity index (χ0n) is 12.7. The monoisotopic (exact) mass is 360 g/mol. The summed E-state index contributed by atoms with van der Waals surface area (Å²) >= 11 is 1.32. The Morgan fingerprint density at radius 3 is 2.91 bits per heavy atom. The fourth-order valence-electron chi connectivity index (χ4n) is 1.72. The lowest BCUT2D eigenvalue weighted by Crippen LogP contribution is -2.39. The normalized spacial score (nSPS) is 11.7. The second-order valence-corrected chi connectivity index (χ2v) is 5.62. The van der Waals surface area contributed by atoms with Crippen LogP contribution in [0.3, 0.4) is 0 Å². The van der Waals surface area contributed by atoms with Crippen molar-refractivity contribution < 1.29 is 13.9 Å². The van der Waals surface area contributed by atoms with Crippen molar-refractivity contribution >= 4 is 35.8 Å². The van der Waals surface area contributed by atoms with Gasteiger partial charge in [0.15, 0.2) is 5.16 Å². The summed E-state index contributed by atoms with van der Waals surface area (Å²) in [4.78, 5) is 16.8. The number of hydrogen-bond acceptors (Lipinski definition) is 5. The maximum atomic E-state index is 13.5. The number of benzene rings is 1. The number of nitrogens with one attached hydrogen (secondary N) is 1. The molecule has 0 saturated carbocycles. The Kier molecular flexibility index (Phi) is 7.50. The summed E-state index contributed by atoms with van der Waals surface area (Å²) in [6.07, 6.45) is 3.47. The van der Waals surface area contributed by atoms with Gasteiger partial charge in [-0.15, -0.1) is 12.4 Å². The maximum Gasteiger partial charge on any atom is 0.243 e. The van der Waals surface area contributed by atoms with Crippen LogP contribution in [-0.4, -0.2) is 35.2 Å². The van der Waals surface area contributed by atoms with Crippen LogP contribution in [0.4, 0.5) is 10.1 Å². The first kappa shape index (κ1) is 19.4. The van der Waals surface area contributed by atoms with Crippen molar-refractivity contribution in [2.75, 3.05) is 19.0 Å². The molecule has 0 aliphatic carbocycles. The molecule has 0 radical (unpaired) electrons. The van der Waals surface area contributed by atoms with Gasteiger partial charge in [0.1, 0.15) is 11.9 Å². The highest BCUT2D eigenvalue weighted by molar-refractivity contribution is 7.99. The quantitative estimate of drug-likeness (QED) is 0.823. The van der Waals surface area contributed by atoms with Crippen LogP contribution in [-0.2, 0) is 16.6 Å². The molecule has 23 heavy (non-hydrogen) atoms. The second-order valence-electron chi connectivity index (χ2n) is 4.61. The molecule has 1 heterocycles. The van der Waals surface area contributed by atoms with E-state index in [1.54, 1.807) is 18.5 Å². The zero-order valence-corrected chi connectivity index (χ0v) is 14.3. The molecule has 1 amide bonds. The summed E-state index contributed by atoms with van der Waals surface area (Å²) < 4.78 is 20.1. The number of amides is 1.